The highest BCUT2D eigenvalue weighted by Gasteiger charge is 2.31. The van der Waals surface area contributed by atoms with E-state index in [2.05, 4.69) is 5.32 Å². The summed E-state index contributed by atoms with van der Waals surface area (Å²) in [5, 5.41) is 14.3. The molecule has 1 atom stereocenters. The standard InChI is InChI=1S/C17H25N3O6/c1-17(2,3)26-16(21)19-8-9-25-11-12(19)10-18-15-13(20(22)23)6-5-7-14(15)24-4/h5-7,12,18H,8-11H2,1-4H3. The summed E-state index contributed by atoms with van der Waals surface area (Å²) >= 11 is 0. The Labute approximate surface area is 152 Å². The van der Waals surface area contributed by atoms with Crippen LogP contribution in [-0.4, -0.2) is 61.0 Å². The van der Waals surface area contributed by atoms with Gasteiger partial charge in [0.2, 0.25) is 0 Å². The van der Waals surface area contributed by atoms with Gasteiger partial charge in [-0.1, -0.05) is 6.07 Å². The van der Waals surface area contributed by atoms with Crippen LogP contribution in [0, 0.1) is 10.1 Å². The van der Waals surface area contributed by atoms with E-state index < -0.39 is 16.6 Å². The molecule has 0 saturated carbocycles. The van der Waals surface area contributed by atoms with E-state index in [4.69, 9.17) is 14.2 Å². The largest absolute Gasteiger partial charge is 0.494 e. The van der Waals surface area contributed by atoms with Crippen molar-refractivity contribution in [2.75, 3.05) is 38.7 Å². The summed E-state index contributed by atoms with van der Waals surface area (Å²) in [4.78, 5) is 24.8. The second kappa shape index (κ2) is 8.22. The van der Waals surface area contributed by atoms with E-state index >= 15 is 0 Å². The number of anilines is 1. The zero-order chi connectivity index (χ0) is 19.3. The molecule has 0 aliphatic carbocycles. The van der Waals surface area contributed by atoms with Gasteiger partial charge in [-0.15, -0.1) is 0 Å². The fourth-order valence-corrected chi connectivity index (χ4v) is 2.62. The van der Waals surface area contributed by atoms with Crippen LogP contribution in [0.2, 0.25) is 0 Å². The van der Waals surface area contributed by atoms with Crippen LogP contribution in [0.5, 0.6) is 5.75 Å². The summed E-state index contributed by atoms with van der Waals surface area (Å²) in [6.07, 6.45) is -0.429. The first-order chi connectivity index (χ1) is 12.2. The van der Waals surface area contributed by atoms with Crippen molar-refractivity contribution in [3.05, 3.63) is 28.3 Å². The average molecular weight is 367 g/mol. The van der Waals surface area contributed by atoms with Gasteiger partial charge in [0.25, 0.3) is 5.69 Å². The number of hydrogen-bond acceptors (Lipinski definition) is 7. The maximum atomic E-state index is 12.4. The number of rotatable bonds is 5. The molecule has 0 bridgehead atoms. The minimum Gasteiger partial charge on any atom is -0.494 e. The number of ether oxygens (including phenoxy) is 3. The van der Waals surface area contributed by atoms with E-state index in [-0.39, 0.29) is 24.0 Å². The minimum absolute atomic E-state index is 0.0927. The number of nitro groups is 1. The lowest BCUT2D eigenvalue weighted by Crippen LogP contribution is -2.53. The molecule has 1 aromatic carbocycles. The summed E-state index contributed by atoms with van der Waals surface area (Å²) in [5.41, 5.74) is -0.422. The van der Waals surface area contributed by atoms with E-state index in [1.54, 1.807) is 37.8 Å². The Morgan fingerprint density at radius 3 is 2.81 bits per heavy atom. The third-order valence-electron chi connectivity index (χ3n) is 3.79. The Morgan fingerprint density at radius 1 is 1.46 bits per heavy atom. The number of benzene rings is 1. The fraction of sp³-hybridized carbons (Fsp3) is 0.588. The summed E-state index contributed by atoms with van der Waals surface area (Å²) in [6, 6.07) is 4.27. The number of hydrogen-bond donors (Lipinski definition) is 1. The molecule has 1 saturated heterocycles. The Morgan fingerprint density at radius 2 is 2.19 bits per heavy atom. The number of nitrogens with zero attached hydrogens (tertiary/aromatic N) is 2. The highest BCUT2D eigenvalue weighted by Crippen LogP contribution is 2.34. The first-order valence-corrected chi connectivity index (χ1v) is 8.35. The molecule has 1 amide bonds. The summed E-state index contributed by atoms with van der Waals surface area (Å²) in [6.45, 7) is 6.81. The van der Waals surface area contributed by atoms with Crippen LogP contribution in [0.25, 0.3) is 0 Å². The number of nitro benzene ring substituents is 1. The van der Waals surface area contributed by atoms with Gasteiger partial charge >= 0.3 is 6.09 Å². The normalized spacial score (nSPS) is 17.5. The molecule has 1 aromatic rings. The monoisotopic (exact) mass is 367 g/mol. The number of morpholine rings is 1. The van der Waals surface area contributed by atoms with Crippen LogP contribution >= 0.6 is 0 Å². The van der Waals surface area contributed by atoms with Crippen molar-refractivity contribution in [3.63, 3.8) is 0 Å². The molecule has 1 heterocycles. The van der Waals surface area contributed by atoms with Crippen molar-refractivity contribution in [1.82, 2.24) is 4.90 Å². The number of carbonyl (C=O) groups excluding carboxylic acids is 1. The van der Waals surface area contributed by atoms with Crippen molar-refractivity contribution in [2.24, 2.45) is 0 Å². The summed E-state index contributed by atoms with van der Waals surface area (Å²) in [7, 11) is 1.45. The number of methoxy groups -OCH3 is 1. The van der Waals surface area contributed by atoms with Crippen LogP contribution in [0.1, 0.15) is 20.8 Å². The molecule has 144 valence electrons. The first kappa shape index (κ1) is 19.8. The van der Waals surface area contributed by atoms with E-state index in [9.17, 15) is 14.9 Å². The molecule has 9 heteroatoms. The Balaban J connectivity index is 2.14. The molecule has 1 aliphatic rings. The molecule has 0 radical (unpaired) electrons. The van der Waals surface area contributed by atoms with Crippen molar-refractivity contribution in [2.45, 2.75) is 32.4 Å². The van der Waals surface area contributed by atoms with Crippen LogP contribution in [0.3, 0.4) is 0 Å². The zero-order valence-corrected chi connectivity index (χ0v) is 15.5. The number of amides is 1. The maximum Gasteiger partial charge on any atom is 0.410 e. The van der Waals surface area contributed by atoms with E-state index in [1.807, 2.05) is 0 Å². The Kier molecular flexibility index (Phi) is 6.25. The molecule has 1 N–H and O–H groups in total. The minimum atomic E-state index is -0.602. The second-order valence-corrected chi connectivity index (χ2v) is 6.89. The van der Waals surface area contributed by atoms with E-state index in [1.165, 1.54) is 13.2 Å². The molecule has 26 heavy (non-hydrogen) atoms. The van der Waals surface area contributed by atoms with Crippen molar-refractivity contribution in [1.29, 1.82) is 0 Å². The lowest BCUT2D eigenvalue weighted by Gasteiger charge is -2.36. The Bertz CT molecular complexity index is 658. The lowest BCUT2D eigenvalue weighted by molar-refractivity contribution is -0.384. The van der Waals surface area contributed by atoms with Crippen molar-refractivity contribution >= 4 is 17.5 Å². The van der Waals surface area contributed by atoms with Gasteiger partial charge in [-0.05, 0) is 26.8 Å². The highest BCUT2D eigenvalue weighted by atomic mass is 16.6. The van der Waals surface area contributed by atoms with Gasteiger partial charge in [0, 0.05) is 19.2 Å². The maximum absolute atomic E-state index is 12.4. The predicted molar refractivity (Wildman–Crippen MR) is 95.7 cm³/mol. The molecule has 0 spiro atoms. The van der Waals surface area contributed by atoms with Crippen LogP contribution in [0.15, 0.2) is 18.2 Å². The molecule has 9 nitrogen and oxygen atoms in total. The van der Waals surface area contributed by atoms with Gasteiger partial charge in [-0.25, -0.2) is 4.79 Å². The molecule has 1 unspecified atom stereocenters. The third-order valence-corrected chi connectivity index (χ3v) is 3.79. The van der Waals surface area contributed by atoms with E-state index in [0.29, 0.717) is 25.5 Å². The average Bonchev–Trinajstić information content (AvgIpc) is 2.58. The molecular weight excluding hydrogens is 342 g/mol. The fourth-order valence-electron chi connectivity index (χ4n) is 2.62. The van der Waals surface area contributed by atoms with Crippen LogP contribution in [-0.2, 0) is 9.47 Å². The second-order valence-electron chi connectivity index (χ2n) is 6.89. The van der Waals surface area contributed by atoms with Gasteiger partial charge in [-0.2, -0.15) is 0 Å². The predicted octanol–water partition coefficient (Wildman–Crippen LogP) is 2.65. The van der Waals surface area contributed by atoms with Gasteiger partial charge in [0.1, 0.15) is 11.4 Å². The van der Waals surface area contributed by atoms with Crippen molar-refractivity contribution < 1.29 is 23.9 Å². The zero-order valence-electron chi connectivity index (χ0n) is 15.5. The SMILES string of the molecule is COc1cccc([N+](=O)[O-])c1NCC1COCCN1C(=O)OC(C)(C)C. The lowest BCUT2D eigenvalue weighted by atomic mass is 10.2. The first-order valence-electron chi connectivity index (χ1n) is 8.35. The Hall–Kier alpha value is -2.55. The van der Waals surface area contributed by atoms with Gasteiger partial charge in [-0.3, -0.25) is 15.0 Å². The van der Waals surface area contributed by atoms with E-state index in [0.717, 1.165) is 0 Å². The number of para-hydroxylation sites is 1. The topological polar surface area (TPSA) is 103 Å². The highest BCUT2D eigenvalue weighted by molar-refractivity contribution is 5.71. The quantitative estimate of drug-likeness (QED) is 0.630. The van der Waals surface area contributed by atoms with Gasteiger partial charge in [0.15, 0.2) is 5.69 Å². The number of carbonyl (C=O) groups is 1. The van der Waals surface area contributed by atoms with Crippen LogP contribution in [0.4, 0.5) is 16.2 Å². The molecule has 0 aromatic heterocycles. The molecule has 1 fully saturated rings. The van der Waals surface area contributed by atoms with Crippen LogP contribution < -0.4 is 10.1 Å². The smallest absolute Gasteiger partial charge is 0.410 e. The van der Waals surface area contributed by atoms with Crippen molar-refractivity contribution in [3.8, 4) is 5.75 Å². The molecule has 2 rings (SSSR count). The summed E-state index contributed by atoms with van der Waals surface area (Å²) < 4.78 is 16.1. The summed E-state index contributed by atoms with van der Waals surface area (Å²) in [5.74, 6) is 0.361. The van der Waals surface area contributed by atoms with Gasteiger partial charge in [0.05, 0.1) is 31.3 Å². The molecule has 1 aliphatic heterocycles. The van der Waals surface area contributed by atoms with Gasteiger partial charge < -0.3 is 19.5 Å². The third kappa shape index (κ3) is 4.98. The molecular formula is C17H25N3O6. The number of nitrogens with one attached hydrogen (secondary N) is 1.